The Hall–Kier alpha value is -3.89. The van der Waals surface area contributed by atoms with Crippen LogP contribution in [-0.2, 0) is 6.42 Å². The fourth-order valence-corrected chi connectivity index (χ4v) is 7.11. The number of benzene rings is 2. The molecule has 0 radical (unpaired) electrons. The van der Waals surface area contributed by atoms with Crippen LogP contribution in [0.4, 0.5) is 5.69 Å². The summed E-state index contributed by atoms with van der Waals surface area (Å²) in [7, 11) is 0. The van der Waals surface area contributed by atoms with E-state index < -0.39 is 0 Å². The molecule has 2 aliphatic rings. The Balaban J connectivity index is 0.000000259. The van der Waals surface area contributed by atoms with E-state index in [1.165, 1.54) is 72.6 Å². The fraction of sp³-hybridized carbons (Fsp3) is 0.462. The molecular formula is C39H50N4. The lowest BCUT2D eigenvalue weighted by molar-refractivity contribution is 0.235. The molecule has 2 aromatic carbocycles. The van der Waals surface area contributed by atoms with Crippen LogP contribution in [-0.4, -0.2) is 16.2 Å². The monoisotopic (exact) mass is 574 g/mol. The van der Waals surface area contributed by atoms with Crippen LogP contribution >= 0.6 is 0 Å². The minimum absolute atomic E-state index is 0.00237. The molecule has 0 spiro atoms. The highest BCUT2D eigenvalue weighted by atomic mass is 15.2. The second-order valence-electron chi connectivity index (χ2n) is 13.6. The van der Waals surface area contributed by atoms with E-state index in [9.17, 15) is 0 Å². The fourth-order valence-electron chi connectivity index (χ4n) is 7.11. The van der Waals surface area contributed by atoms with Gasteiger partial charge in [-0.1, -0.05) is 13.8 Å². The molecule has 0 saturated heterocycles. The van der Waals surface area contributed by atoms with Gasteiger partial charge in [0, 0.05) is 28.9 Å². The van der Waals surface area contributed by atoms with E-state index in [0.29, 0.717) is 11.5 Å². The van der Waals surface area contributed by atoms with E-state index in [2.05, 4.69) is 99.8 Å². The Kier molecular flexibility index (Phi) is 9.68. The van der Waals surface area contributed by atoms with Gasteiger partial charge in [0.15, 0.2) is 0 Å². The van der Waals surface area contributed by atoms with Gasteiger partial charge in [0.1, 0.15) is 0 Å². The highest BCUT2D eigenvalue weighted by Crippen LogP contribution is 2.41. The second kappa shape index (κ2) is 12.4. The first-order valence-corrected chi connectivity index (χ1v) is 15.3. The van der Waals surface area contributed by atoms with Gasteiger partial charge < -0.3 is 4.90 Å². The molecule has 4 heteroatoms. The van der Waals surface area contributed by atoms with E-state index in [0.717, 1.165) is 17.8 Å². The van der Waals surface area contributed by atoms with Crippen LogP contribution in [0.25, 0.3) is 4.85 Å². The van der Waals surface area contributed by atoms with Crippen molar-refractivity contribution in [2.24, 2.45) is 4.99 Å². The third kappa shape index (κ3) is 6.12. The van der Waals surface area contributed by atoms with Gasteiger partial charge in [0.2, 0.25) is 0 Å². The van der Waals surface area contributed by atoms with Crippen molar-refractivity contribution in [1.29, 1.82) is 5.26 Å². The maximum absolute atomic E-state index is 8.88. The van der Waals surface area contributed by atoms with Gasteiger partial charge in [-0.3, -0.25) is 4.99 Å². The zero-order chi connectivity index (χ0) is 32.7. The van der Waals surface area contributed by atoms with Crippen molar-refractivity contribution in [1.82, 2.24) is 4.90 Å². The van der Waals surface area contributed by atoms with E-state index in [1.807, 2.05) is 32.1 Å². The first kappa shape index (κ1) is 33.6. The number of allylic oxidation sites excluding steroid dienone is 6. The van der Waals surface area contributed by atoms with Crippen molar-refractivity contribution in [3.05, 3.63) is 107 Å². The Labute approximate surface area is 261 Å². The van der Waals surface area contributed by atoms with Crippen LogP contribution in [0, 0.1) is 73.3 Å². The van der Waals surface area contributed by atoms with Crippen LogP contribution in [0.2, 0.25) is 0 Å². The number of fused-ring (bicyclic) bond motifs is 1. The molecule has 43 heavy (non-hydrogen) atoms. The third-order valence-electron chi connectivity index (χ3n) is 9.52. The highest BCUT2D eigenvalue weighted by molar-refractivity contribution is 6.09. The molecule has 0 atom stereocenters. The average Bonchev–Trinajstić information content (AvgIpc) is 3.35. The van der Waals surface area contributed by atoms with Crippen molar-refractivity contribution in [2.75, 3.05) is 0 Å². The van der Waals surface area contributed by atoms with Crippen molar-refractivity contribution in [3.63, 3.8) is 0 Å². The van der Waals surface area contributed by atoms with Gasteiger partial charge in [-0.05, 0) is 169 Å². The lowest BCUT2D eigenvalue weighted by Gasteiger charge is -2.41. The Morgan fingerprint density at radius 3 is 1.72 bits per heavy atom. The van der Waals surface area contributed by atoms with Gasteiger partial charge >= 0.3 is 0 Å². The standard InChI is InChI=1S/C25H33N.C14H17N3/c1-12(2)23-16(6)18(8)24(19(9)17(23)7)22-11-21-15(5)13(3)14(4)20(10)25(21)26-22;1-10-7-12(13(9-15)16-6)8-11(2)17(10)14(3,4)5/h12H,11H2,1-10H3;7-8H,1-5H3. The molecule has 0 unspecified atom stereocenters. The van der Waals surface area contributed by atoms with Crippen molar-refractivity contribution in [2.45, 2.75) is 122 Å². The molecule has 0 fully saturated rings. The van der Waals surface area contributed by atoms with Crippen LogP contribution in [0.5, 0.6) is 0 Å². The van der Waals surface area contributed by atoms with Crippen LogP contribution in [0.15, 0.2) is 39.8 Å². The van der Waals surface area contributed by atoms with Crippen molar-refractivity contribution < 1.29 is 0 Å². The van der Waals surface area contributed by atoms with Gasteiger partial charge in [0.05, 0.1) is 24.0 Å². The summed E-state index contributed by atoms with van der Waals surface area (Å²) in [5, 5.41) is 8.88. The first-order valence-electron chi connectivity index (χ1n) is 15.3. The molecular weight excluding hydrogens is 524 g/mol. The zero-order valence-electron chi connectivity index (χ0n) is 29.2. The predicted molar refractivity (Wildman–Crippen MR) is 183 cm³/mol. The molecule has 0 saturated carbocycles. The smallest absolute Gasteiger partial charge is 0.269 e. The minimum Gasteiger partial charge on any atom is -0.344 e. The Bertz CT molecular complexity index is 1630. The van der Waals surface area contributed by atoms with E-state index in [-0.39, 0.29) is 11.2 Å². The van der Waals surface area contributed by atoms with Gasteiger partial charge in [-0.2, -0.15) is 0 Å². The molecule has 0 N–H and O–H groups in total. The minimum atomic E-state index is -0.00237. The van der Waals surface area contributed by atoms with E-state index >= 15 is 0 Å². The Morgan fingerprint density at radius 1 is 0.814 bits per heavy atom. The van der Waals surface area contributed by atoms with Gasteiger partial charge in [0.25, 0.3) is 5.70 Å². The summed E-state index contributed by atoms with van der Waals surface area (Å²) in [6.07, 6.45) is 4.76. The number of hydrogen-bond acceptors (Lipinski definition) is 3. The van der Waals surface area contributed by atoms with Crippen molar-refractivity contribution >= 4 is 11.4 Å². The van der Waals surface area contributed by atoms with Crippen LogP contribution in [0.1, 0.15) is 116 Å². The molecule has 2 heterocycles. The van der Waals surface area contributed by atoms with Gasteiger partial charge in [-0.25, -0.2) is 10.1 Å². The maximum Gasteiger partial charge on any atom is 0.269 e. The second-order valence-corrected chi connectivity index (χ2v) is 13.6. The molecule has 2 aliphatic heterocycles. The molecule has 4 rings (SSSR count). The number of hydrogen-bond donors (Lipinski definition) is 0. The maximum atomic E-state index is 8.88. The first-order chi connectivity index (χ1) is 19.9. The summed E-state index contributed by atoms with van der Waals surface area (Å²) < 4.78 is 0. The lowest BCUT2D eigenvalue weighted by atomic mass is 9.82. The average molecular weight is 575 g/mol. The summed E-state index contributed by atoms with van der Waals surface area (Å²) in [6.45, 7) is 40.1. The van der Waals surface area contributed by atoms with Gasteiger partial charge in [-0.15, -0.1) is 0 Å². The van der Waals surface area contributed by atoms with E-state index in [4.69, 9.17) is 16.8 Å². The summed E-state index contributed by atoms with van der Waals surface area (Å²) in [5.74, 6) is 0.555. The lowest BCUT2D eigenvalue weighted by Crippen LogP contribution is -2.39. The summed E-state index contributed by atoms with van der Waals surface area (Å²) >= 11 is 0. The molecule has 226 valence electrons. The van der Waals surface area contributed by atoms with E-state index in [1.54, 1.807) is 0 Å². The largest absolute Gasteiger partial charge is 0.344 e. The quantitative estimate of drug-likeness (QED) is 0.264. The number of rotatable bonds is 2. The normalized spacial score (nSPS) is 14.3. The molecule has 4 nitrogen and oxygen atoms in total. The summed E-state index contributed by atoms with van der Waals surface area (Å²) in [6, 6.07) is 1.93. The van der Waals surface area contributed by atoms with Crippen molar-refractivity contribution in [3.8, 4) is 6.07 Å². The van der Waals surface area contributed by atoms with Crippen LogP contribution < -0.4 is 0 Å². The van der Waals surface area contributed by atoms with Crippen LogP contribution in [0.3, 0.4) is 0 Å². The third-order valence-corrected chi connectivity index (χ3v) is 9.52. The molecule has 2 aromatic rings. The SMILES string of the molecule is Cc1c(C)c(C)c2c(c1C)CC(c1c(C)c(C)c(C(C)C)c(C)c1C)=N2.[C-]#[N+]C(C#N)=C1C=C(C)N(C(C)(C)C)C(C)=C1. The highest BCUT2D eigenvalue weighted by Gasteiger charge is 2.27. The molecule has 0 aliphatic carbocycles. The topological polar surface area (TPSA) is 43.8 Å². The molecule has 0 aromatic heterocycles. The Morgan fingerprint density at radius 2 is 1.30 bits per heavy atom. The summed E-state index contributed by atoms with van der Waals surface area (Å²) in [5.41, 5.74) is 21.1. The zero-order valence-corrected chi connectivity index (χ0v) is 29.2. The molecule has 0 amide bonds. The summed E-state index contributed by atoms with van der Waals surface area (Å²) in [4.78, 5) is 10.6. The predicted octanol–water partition coefficient (Wildman–Crippen LogP) is 10.6. The number of nitrogens with zero attached hydrogens (tertiary/aromatic N) is 4. The number of nitriles is 1. The number of aliphatic imine (C=N–C) groups is 1. The molecule has 0 bridgehead atoms.